The lowest BCUT2D eigenvalue weighted by Crippen LogP contribution is -2.22. The van der Waals surface area contributed by atoms with Crippen molar-refractivity contribution in [1.82, 2.24) is 0 Å². The van der Waals surface area contributed by atoms with Crippen molar-refractivity contribution >= 4 is 29.2 Å². The van der Waals surface area contributed by atoms with Crippen molar-refractivity contribution in [3.63, 3.8) is 0 Å². The molecule has 1 aromatic rings. The van der Waals surface area contributed by atoms with E-state index in [0.29, 0.717) is 5.69 Å². The molecule has 0 fully saturated rings. The predicted molar refractivity (Wildman–Crippen MR) is 65.8 cm³/mol. The van der Waals surface area contributed by atoms with Gasteiger partial charge in [-0.15, -0.1) is 0 Å². The Morgan fingerprint density at radius 2 is 2.11 bits per heavy atom. The summed E-state index contributed by atoms with van der Waals surface area (Å²) < 4.78 is 17.6. The largest absolute Gasteiger partial charge is 0.455 e. The Balaban J connectivity index is 2.49. The fraction of sp³-hybridized carbons (Fsp3) is 0.333. The molecule has 0 saturated heterocycles. The van der Waals surface area contributed by atoms with Gasteiger partial charge in [-0.2, -0.15) is 0 Å². The first-order chi connectivity index (χ1) is 8.40. The molecule has 1 amide bonds. The van der Waals surface area contributed by atoms with Crippen LogP contribution in [0.4, 0.5) is 10.1 Å². The Labute approximate surface area is 109 Å². The maximum atomic E-state index is 12.9. The number of rotatable bonds is 4. The zero-order chi connectivity index (χ0) is 13.7. The van der Waals surface area contributed by atoms with Crippen LogP contribution in [0.5, 0.6) is 0 Å². The molecule has 4 nitrogen and oxygen atoms in total. The van der Waals surface area contributed by atoms with Gasteiger partial charge in [0, 0.05) is 5.69 Å². The topological polar surface area (TPSA) is 55.4 Å². The summed E-state index contributed by atoms with van der Waals surface area (Å²) >= 11 is 5.55. The number of hydrogen-bond acceptors (Lipinski definition) is 3. The lowest BCUT2D eigenvalue weighted by molar-refractivity contribution is -0.150. The highest BCUT2D eigenvalue weighted by Crippen LogP contribution is 2.19. The molecular formula is C12H13ClFNO3. The smallest absolute Gasteiger partial charge is 0.308 e. The molecular weight excluding hydrogens is 261 g/mol. The van der Waals surface area contributed by atoms with Gasteiger partial charge in [0.15, 0.2) is 6.61 Å². The summed E-state index contributed by atoms with van der Waals surface area (Å²) in [4.78, 5) is 22.5. The van der Waals surface area contributed by atoms with E-state index in [9.17, 15) is 14.0 Å². The second-order valence-corrected chi connectivity index (χ2v) is 4.35. The van der Waals surface area contributed by atoms with Crippen LogP contribution in [-0.2, 0) is 14.3 Å². The quantitative estimate of drug-likeness (QED) is 0.858. The van der Waals surface area contributed by atoms with Crippen LogP contribution in [-0.4, -0.2) is 18.5 Å². The second kappa shape index (κ2) is 6.35. The van der Waals surface area contributed by atoms with Gasteiger partial charge in [0.1, 0.15) is 5.82 Å². The van der Waals surface area contributed by atoms with E-state index < -0.39 is 17.7 Å². The van der Waals surface area contributed by atoms with Crippen molar-refractivity contribution in [3.8, 4) is 0 Å². The van der Waals surface area contributed by atoms with E-state index in [0.717, 1.165) is 6.07 Å². The highest BCUT2D eigenvalue weighted by molar-refractivity contribution is 6.31. The monoisotopic (exact) mass is 273 g/mol. The van der Waals surface area contributed by atoms with Gasteiger partial charge in [-0.1, -0.05) is 25.4 Å². The molecule has 0 aliphatic heterocycles. The molecule has 0 bridgehead atoms. The Morgan fingerprint density at radius 1 is 1.44 bits per heavy atom. The molecule has 0 saturated carbocycles. The number of ether oxygens (including phenoxy) is 1. The highest BCUT2D eigenvalue weighted by atomic mass is 35.5. The minimum Gasteiger partial charge on any atom is -0.455 e. The predicted octanol–water partition coefficient (Wildman–Crippen LogP) is 2.62. The van der Waals surface area contributed by atoms with Gasteiger partial charge < -0.3 is 10.1 Å². The van der Waals surface area contributed by atoms with E-state index in [1.165, 1.54) is 12.1 Å². The highest BCUT2D eigenvalue weighted by Gasteiger charge is 2.11. The van der Waals surface area contributed by atoms with E-state index in [-0.39, 0.29) is 17.5 Å². The van der Waals surface area contributed by atoms with Gasteiger partial charge >= 0.3 is 5.97 Å². The third kappa shape index (κ3) is 4.33. The van der Waals surface area contributed by atoms with Gasteiger partial charge in [0.25, 0.3) is 5.91 Å². The zero-order valence-corrected chi connectivity index (χ0v) is 10.8. The molecule has 18 heavy (non-hydrogen) atoms. The van der Waals surface area contributed by atoms with Crippen molar-refractivity contribution < 1.29 is 18.7 Å². The van der Waals surface area contributed by atoms with Crippen LogP contribution >= 0.6 is 11.6 Å². The number of benzene rings is 1. The molecule has 0 aliphatic rings. The molecule has 0 spiro atoms. The zero-order valence-electron chi connectivity index (χ0n) is 10.00. The molecule has 98 valence electrons. The molecule has 0 unspecified atom stereocenters. The van der Waals surface area contributed by atoms with Crippen LogP contribution < -0.4 is 5.32 Å². The number of hydrogen-bond donors (Lipinski definition) is 1. The van der Waals surface area contributed by atoms with Crippen LogP contribution in [0.2, 0.25) is 5.02 Å². The van der Waals surface area contributed by atoms with E-state index in [4.69, 9.17) is 16.3 Å². The van der Waals surface area contributed by atoms with Crippen molar-refractivity contribution in [1.29, 1.82) is 0 Å². The fourth-order valence-corrected chi connectivity index (χ4v) is 1.25. The first-order valence-corrected chi connectivity index (χ1v) is 5.69. The van der Waals surface area contributed by atoms with Gasteiger partial charge in [-0.05, 0) is 18.2 Å². The molecule has 0 aliphatic carbocycles. The van der Waals surface area contributed by atoms with Crippen LogP contribution in [0.15, 0.2) is 18.2 Å². The van der Waals surface area contributed by atoms with E-state index >= 15 is 0 Å². The number of amides is 1. The summed E-state index contributed by atoms with van der Waals surface area (Å²) in [7, 11) is 0. The summed E-state index contributed by atoms with van der Waals surface area (Å²) in [5, 5.41) is 2.35. The van der Waals surface area contributed by atoms with Crippen LogP contribution in [0.3, 0.4) is 0 Å². The van der Waals surface area contributed by atoms with Crippen LogP contribution in [0, 0.1) is 11.7 Å². The van der Waals surface area contributed by atoms with Gasteiger partial charge in [-0.3, -0.25) is 9.59 Å². The number of halogens is 2. The molecule has 6 heteroatoms. The summed E-state index contributed by atoms with van der Waals surface area (Å²) in [6, 6.07) is 3.78. The number of anilines is 1. The fourth-order valence-electron chi connectivity index (χ4n) is 1.07. The molecule has 1 aromatic carbocycles. The first-order valence-electron chi connectivity index (χ1n) is 5.31. The van der Waals surface area contributed by atoms with Crippen molar-refractivity contribution in [3.05, 3.63) is 29.0 Å². The van der Waals surface area contributed by atoms with Crippen LogP contribution in [0.1, 0.15) is 13.8 Å². The number of carbonyl (C=O) groups excluding carboxylic acids is 2. The molecule has 0 atom stereocenters. The number of carbonyl (C=O) groups is 2. The third-order valence-corrected chi connectivity index (χ3v) is 2.31. The minimum atomic E-state index is -0.569. The van der Waals surface area contributed by atoms with Gasteiger partial charge in [-0.25, -0.2) is 4.39 Å². The number of nitrogens with one attached hydrogen (secondary N) is 1. The third-order valence-electron chi connectivity index (χ3n) is 2.02. The van der Waals surface area contributed by atoms with Crippen LogP contribution in [0.25, 0.3) is 0 Å². The average Bonchev–Trinajstić information content (AvgIpc) is 2.30. The molecule has 0 aromatic heterocycles. The molecule has 0 radical (unpaired) electrons. The van der Waals surface area contributed by atoms with E-state index in [1.807, 2.05) is 0 Å². The molecule has 1 N–H and O–H groups in total. The Kier molecular flexibility index (Phi) is 5.09. The SMILES string of the molecule is CC(C)C(=O)OCC(=O)Nc1ccc(F)c(Cl)c1. The second-order valence-electron chi connectivity index (χ2n) is 3.94. The summed E-state index contributed by atoms with van der Waals surface area (Å²) in [6.07, 6.45) is 0. The average molecular weight is 274 g/mol. The first kappa shape index (κ1) is 14.4. The van der Waals surface area contributed by atoms with Crippen molar-refractivity contribution in [2.24, 2.45) is 5.92 Å². The molecule has 1 rings (SSSR count). The van der Waals surface area contributed by atoms with Gasteiger partial charge in [0.05, 0.1) is 10.9 Å². The standard InChI is InChI=1S/C12H13ClFNO3/c1-7(2)12(17)18-6-11(16)15-8-3-4-10(14)9(13)5-8/h3-5,7H,6H2,1-2H3,(H,15,16). The normalized spacial score (nSPS) is 10.3. The lowest BCUT2D eigenvalue weighted by atomic mass is 10.2. The minimum absolute atomic E-state index is 0.0908. The summed E-state index contributed by atoms with van der Waals surface area (Å²) in [6.45, 7) is 2.95. The number of esters is 1. The van der Waals surface area contributed by atoms with Gasteiger partial charge in [0.2, 0.25) is 0 Å². The Morgan fingerprint density at radius 3 is 2.67 bits per heavy atom. The Bertz CT molecular complexity index is 463. The maximum Gasteiger partial charge on any atom is 0.308 e. The maximum absolute atomic E-state index is 12.9. The van der Waals surface area contributed by atoms with Crippen molar-refractivity contribution in [2.45, 2.75) is 13.8 Å². The van der Waals surface area contributed by atoms with E-state index in [1.54, 1.807) is 13.8 Å². The summed E-state index contributed by atoms with van der Waals surface area (Å²) in [5.74, 6) is -1.83. The Hall–Kier alpha value is -1.62. The van der Waals surface area contributed by atoms with E-state index in [2.05, 4.69) is 5.32 Å². The molecule has 0 heterocycles. The lowest BCUT2D eigenvalue weighted by Gasteiger charge is -2.08. The summed E-state index contributed by atoms with van der Waals surface area (Å²) in [5.41, 5.74) is 0.340. The van der Waals surface area contributed by atoms with Crippen molar-refractivity contribution in [2.75, 3.05) is 11.9 Å².